The van der Waals surface area contributed by atoms with E-state index in [0.29, 0.717) is 41.3 Å². The lowest BCUT2D eigenvalue weighted by Gasteiger charge is -2.34. The van der Waals surface area contributed by atoms with Gasteiger partial charge in [0.05, 0.1) is 30.7 Å². The summed E-state index contributed by atoms with van der Waals surface area (Å²) < 4.78 is 6.57. The van der Waals surface area contributed by atoms with Gasteiger partial charge < -0.3 is 25.4 Å². The lowest BCUT2D eigenvalue weighted by atomic mass is 10.0. The van der Waals surface area contributed by atoms with Crippen LogP contribution in [0.2, 0.25) is 0 Å². The fourth-order valence-corrected chi connectivity index (χ4v) is 4.82. The average molecular weight is 557 g/mol. The van der Waals surface area contributed by atoms with Crippen molar-refractivity contribution in [1.82, 2.24) is 14.8 Å². The molecule has 1 aliphatic rings. The van der Waals surface area contributed by atoms with E-state index in [9.17, 15) is 14.7 Å². The Labute approximate surface area is 240 Å². The van der Waals surface area contributed by atoms with E-state index >= 15 is 0 Å². The maximum atomic E-state index is 13.4. The van der Waals surface area contributed by atoms with Crippen molar-refractivity contribution >= 4 is 23.3 Å². The topological polar surface area (TPSA) is 131 Å². The summed E-state index contributed by atoms with van der Waals surface area (Å²) in [4.78, 5) is 34.1. The van der Waals surface area contributed by atoms with Gasteiger partial charge in [-0.05, 0) is 74.1 Å². The van der Waals surface area contributed by atoms with Crippen molar-refractivity contribution in [1.29, 1.82) is 5.26 Å². The molecule has 4 rings (SSSR count). The summed E-state index contributed by atoms with van der Waals surface area (Å²) in [5.74, 6) is 0.451. The Kier molecular flexibility index (Phi) is 9.90. The highest BCUT2D eigenvalue weighted by Crippen LogP contribution is 2.29. The zero-order valence-corrected chi connectivity index (χ0v) is 23.6. The zero-order valence-electron chi connectivity index (χ0n) is 23.6. The maximum absolute atomic E-state index is 13.4. The first-order valence-corrected chi connectivity index (χ1v) is 13.6. The van der Waals surface area contributed by atoms with E-state index < -0.39 is 6.03 Å². The van der Waals surface area contributed by atoms with Crippen molar-refractivity contribution in [2.24, 2.45) is 5.92 Å². The van der Waals surface area contributed by atoms with Crippen LogP contribution in [0.25, 0.3) is 0 Å². The molecule has 0 saturated heterocycles. The molecule has 0 saturated carbocycles. The number of aliphatic hydroxyl groups excluding tert-OH is 1. The zero-order chi connectivity index (χ0) is 29.4. The molecule has 3 amide bonds. The predicted octanol–water partition coefficient (Wildman–Crippen LogP) is 3.88. The number of hydrogen-bond donors (Lipinski definition) is 3. The molecular formula is C31H36N6O4. The number of amides is 3. The number of fused-ring (bicyclic) bond motifs is 1. The minimum Gasteiger partial charge on any atom is -0.488 e. The summed E-state index contributed by atoms with van der Waals surface area (Å²) in [6.07, 6.45) is 3.38. The number of hydrogen-bond acceptors (Lipinski definition) is 7. The van der Waals surface area contributed by atoms with Crippen LogP contribution in [0.5, 0.6) is 5.75 Å². The molecule has 10 nitrogen and oxygen atoms in total. The number of pyridine rings is 1. The van der Waals surface area contributed by atoms with Gasteiger partial charge in [0.15, 0.2) is 0 Å². The minimum absolute atomic E-state index is 0.0187. The van der Waals surface area contributed by atoms with Gasteiger partial charge in [-0.2, -0.15) is 5.26 Å². The molecule has 0 fully saturated rings. The van der Waals surface area contributed by atoms with Gasteiger partial charge in [0, 0.05) is 54.9 Å². The molecular weight excluding hydrogens is 520 g/mol. The first-order valence-electron chi connectivity index (χ1n) is 13.6. The van der Waals surface area contributed by atoms with E-state index in [1.807, 2.05) is 32.2 Å². The number of carbonyl (C=O) groups excluding carboxylic acids is 2. The lowest BCUT2D eigenvalue weighted by Crippen LogP contribution is -2.47. The van der Waals surface area contributed by atoms with Crippen molar-refractivity contribution in [2.75, 3.05) is 37.4 Å². The molecule has 0 radical (unpaired) electrons. The van der Waals surface area contributed by atoms with Crippen LogP contribution in [0.4, 0.5) is 16.2 Å². The second-order valence-electron chi connectivity index (χ2n) is 10.5. The number of nitriles is 1. The summed E-state index contributed by atoms with van der Waals surface area (Å²) >= 11 is 0. The Morgan fingerprint density at radius 2 is 1.85 bits per heavy atom. The van der Waals surface area contributed by atoms with Gasteiger partial charge in [-0.25, -0.2) is 4.79 Å². The standard InChI is InChI=1S/C31H36N6O4/c1-21-17-37(22(2)20-38)30(39)15-25-14-27(35-31(40)34-26-6-4-23(16-32)5-7-26)8-9-28(25)41-29(21)19-36(3)18-24-10-12-33-13-11-24/h4-14,21-22,29,38H,15,17-20H2,1-3H3,(H2,34,35,40)/t21?,22-,29?/m0/s1. The summed E-state index contributed by atoms with van der Waals surface area (Å²) in [5.41, 5.74) is 3.34. The van der Waals surface area contributed by atoms with Crippen LogP contribution in [-0.2, 0) is 17.8 Å². The van der Waals surface area contributed by atoms with Gasteiger partial charge in [-0.3, -0.25) is 14.7 Å². The van der Waals surface area contributed by atoms with Crippen LogP contribution < -0.4 is 15.4 Å². The van der Waals surface area contributed by atoms with Gasteiger partial charge >= 0.3 is 6.03 Å². The highest BCUT2D eigenvalue weighted by Gasteiger charge is 2.31. The number of likely N-dealkylation sites (N-methyl/N-ethyl adjacent to an activating group) is 1. The van der Waals surface area contributed by atoms with E-state index in [0.717, 1.165) is 12.1 Å². The molecule has 2 heterocycles. The summed E-state index contributed by atoms with van der Waals surface area (Å²) in [5, 5.41) is 24.4. The molecule has 0 spiro atoms. The van der Waals surface area contributed by atoms with Crippen molar-refractivity contribution in [3.8, 4) is 11.8 Å². The van der Waals surface area contributed by atoms with Crippen LogP contribution in [0.15, 0.2) is 67.0 Å². The van der Waals surface area contributed by atoms with Gasteiger partial charge in [-0.15, -0.1) is 0 Å². The summed E-state index contributed by atoms with van der Waals surface area (Å²) in [6, 6.07) is 17.0. The van der Waals surface area contributed by atoms with Crippen LogP contribution in [0, 0.1) is 17.2 Å². The Morgan fingerprint density at radius 1 is 1.17 bits per heavy atom. The van der Waals surface area contributed by atoms with Crippen molar-refractivity contribution in [3.63, 3.8) is 0 Å². The molecule has 1 aliphatic heterocycles. The molecule has 0 bridgehead atoms. The monoisotopic (exact) mass is 556 g/mol. The molecule has 10 heteroatoms. The third-order valence-corrected chi connectivity index (χ3v) is 7.14. The molecule has 1 aromatic heterocycles. The second kappa shape index (κ2) is 13.7. The maximum Gasteiger partial charge on any atom is 0.323 e. The number of nitrogens with zero attached hydrogens (tertiary/aromatic N) is 4. The largest absolute Gasteiger partial charge is 0.488 e. The molecule has 214 valence electrons. The quantitative estimate of drug-likeness (QED) is 0.384. The molecule has 2 unspecified atom stereocenters. The van der Waals surface area contributed by atoms with Gasteiger partial charge in [0.1, 0.15) is 11.9 Å². The minimum atomic E-state index is -0.454. The van der Waals surface area contributed by atoms with E-state index in [1.54, 1.807) is 59.8 Å². The van der Waals surface area contributed by atoms with Crippen molar-refractivity contribution < 1.29 is 19.4 Å². The first-order chi connectivity index (χ1) is 19.7. The van der Waals surface area contributed by atoms with E-state index in [1.165, 1.54) is 0 Å². The van der Waals surface area contributed by atoms with Crippen molar-refractivity contribution in [2.45, 2.75) is 39.0 Å². The predicted molar refractivity (Wildman–Crippen MR) is 156 cm³/mol. The fourth-order valence-electron chi connectivity index (χ4n) is 4.82. The molecule has 3 aromatic rings. The number of aromatic nitrogens is 1. The Balaban J connectivity index is 1.55. The Hall–Kier alpha value is -4.46. The van der Waals surface area contributed by atoms with Crippen LogP contribution in [0.1, 0.15) is 30.5 Å². The smallest absolute Gasteiger partial charge is 0.323 e. The number of urea groups is 1. The highest BCUT2D eigenvalue weighted by atomic mass is 16.5. The van der Waals surface area contributed by atoms with Crippen LogP contribution in [0.3, 0.4) is 0 Å². The van der Waals surface area contributed by atoms with Crippen LogP contribution in [-0.4, -0.2) is 70.7 Å². The molecule has 3 N–H and O–H groups in total. The number of carbonyl (C=O) groups is 2. The number of benzene rings is 2. The first kappa shape index (κ1) is 29.5. The molecule has 3 atom stereocenters. The summed E-state index contributed by atoms with van der Waals surface area (Å²) in [6.45, 7) is 5.53. The summed E-state index contributed by atoms with van der Waals surface area (Å²) in [7, 11) is 2.03. The van der Waals surface area contributed by atoms with Crippen molar-refractivity contribution in [3.05, 3.63) is 83.7 Å². The third kappa shape index (κ3) is 8.03. The SMILES string of the molecule is CC1CN([C@@H](C)CO)C(=O)Cc2cc(NC(=O)Nc3ccc(C#N)cc3)ccc2OC1CN(C)Cc1ccncc1. The Morgan fingerprint density at radius 3 is 2.54 bits per heavy atom. The number of aliphatic hydroxyl groups is 1. The van der Waals surface area contributed by atoms with E-state index in [2.05, 4.69) is 27.4 Å². The average Bonchev–Trinajstić information content (AvgIpc) is 3.01. The second-order valence-corrected chi connectivity index (χ2v) is 10.5. The normalized spacial score (nSPS) is 17.8. The van der Waals surface area contributed by atoms with E-state index in [4.69, 9.17) is 10.00 Å². The number of nitrogens with one attached hydrogen (secondary N) is 2. The third-order valence-electron chi connectivity index (χ3n) is 7.14. The fraction of sp³-hybridized carbons (Fsp3) is 0.355. The highest BCUT2D eigenvalue weighted by molar-refractivity contribution is 6.00. The van der Waals surface area contributed by atoms with Crippen LogP contribution >= 0.6 is 0 Å². The van der Waals surface area contributed by atoms with Gasteiger partial charge in [-0.1, -0.05) is 6.92 Å². The molecule has 41 heavy (non-hydrogen) atoms. The van der Waals surface area contributed by atoms with Gasteiger partial charge in [0.25, 0.3) is 0 Å². The lowest BCUT2D eigenvalue weighted by molar-refractivity contribution is -0.134. The number of anilines is 2. The van der Waals surface area contributed by atoms with E-state index in [-0.39, 0.29) is 37.0 Å². The molecule has 2 aromatic carbocycles. The number of ether oxygens (including phenoxy) is 1. The van der Waals surface area contributed by atoms with Gasteiger partial charge in [0.2, 0.25) is 5.91 Å². The Bertz CT molecular complexity index is 1380. The number of rotatable bonds is 8. The molecule has 0 aliphatic carbocycles.